The number of halogens is 1. The van der Waals surface area contributed by atoms with E-state index < -0.39 is 10.0 Å². The number of hydrogen-bond acceptors (Lipinski definition) is 4. The van der Waals surface area contributed by atoms with Crippen LogP contribution in [0.15, 0.2) is 28.5 Å². The van der Waals surface area contributed by atoms with Crippen molar-refractivity contribution in [3.05, 3.63) is 45.3 Å². The van der Waals surface area contributed by atoms with Gasteiger partial charge in [-0.3, -0.25) is 9.52 Å². The molecule has 0 unspecified atom stereocenters. The number of nitrogens with one attached hydrogen (secondary N) is 1. The van der Waals surface area contributed by atoms with Crippen LogP contribution >= 0.6 is 22.9 Å². The molecule has 0 atom stereocenters. The van der Waals surface area contributed by atoms with Crippen molar-refractivity contribution >= 4 is 44.6 Å². The summed E-state index contributed by atoms with van der Waals surface area (Å²) in [5.41, 5.74) is 2.19. The molecule has 2 aromatic rings. The number of rotatable bonds is 3. The summed E-state index contributed by atoms with van der Waals surface area (Å²) < 4.78 is 28.1. The lowest BCUT2D eigenvalue weighted by Crippen LogP contribution is -2.33. The van der Waals surface area contributed by atoms with Crippen molar-refractivity contribution in [2.24, 2.45) is 0 Å². The number of amides is 1. The summed E-state index contributed by atoms with van der Waals surface area (Å²) in [6.45, 7) is 4.48. The number of aryl methyl sites for hydroxylation is 1. The van der Waals surface area contributed by atoms with Crippen LogP contribution in [-0.4, -0.2) is 25.8 Å². The fraction of sp³-hybridized carbons (Fsp3) is 0.312. The van der Waals surface area contributed by atoms with E-state index in [1.54, 1.807) is 23.1 Å². The lowest BCUT2D eigenvalue weighted by atomic mass is 10.1. The van der Waals surface area contributed by atoms with Crippen LogP contribution in [0.5, 0.6) is 0 Å². The zero-order valence-corrected chi connectivity index (χ0v) is 15.7. The second kappa shape index (κ2) is 6.38. The van der Waals surface area contributed by atoms with Gasteiger partial charge in [0.05, 0.1) is 10.7 Å². The van der Waals surface area contributed by atoms with Crippen LogP contribution in [0, 0.1) is 6.92 Å². The van der Waals surface area contributed by atoms with Gasteiger partial charge in [0.15, 0.2) is 0 Å². The van der Waals surface area contributed by atoms with Gasteiger partial charge in [-0.05, 0) is 42.7 Å². The quantitative estimate of drug-likeness (QED) is 0.881. The van der Waals surface area contributed by atoms with Crippen molar-refractivity contribution in [3.63, 3.8) is 0 Å². The van der Waals surface area contributed by atoms with Gasteiger partial charge in [-0.15, -0.1) is 11.3 Å². The number of carbonyl (C=O) groups is 1. The van der Waals surface area contributed by atoms with E-state index in [0.29, 0.717) is 30.2 Å². The largest absolute Gasteiger partial charge is 0.338 e. The van der Waals surface area contributed by atoms with Crippen molar-refractivity contribution in [1.82, 2.24) is 4.90 Å². The molecule has 1 aromatic heterocycles. The third-order valence-corrected chi connectivity index (χ3v) is 7.33. The lowest BCUT2D eigenvalue weighted by molar-refractivity contribution is -0.129. The molecule has 0 spiro atoms. The summed E-state index contributed by atoms with van der Waals surface area (Å²) in [5.74, 6) is 0.000856. The first-order chi connectivity index (χ1) is 11.3. The standard InChI is InChI=1S/C16H17ClN2O3S2/c1-10-3-4-13(17)14(7-10)18-24(21,22)16-8-12-9-19(11(2)20)6-5-15(12)23-16/h3-4,7-8,18H,5-6,9H2,1-2H3. The Kier molecular flexibility index (Phi) is 4.59. The number of fused-ring (bicyclic) bond motifs is 1. The number of anilines is 1. The van der Waals surface area contributed by atoms with Crippen molar-refractivity contribution in [3.8, 4) is 0 Å². The van der Waals surface area contributed by atoms with Gasteiger partial charge in [0, 0.05) is 24.9 Å². The molecule has 0 fully saturated rings. The van der Waals surface area contributed by atoms with Crippen LogP contribution in [0.1, 0.15) is 22.9 Å². The van der Waals surface area contributed by atoms with Crippen LogP contribution in [0.2, 0.25) is 5.02 Å². The summed E-state index contributed by atoms with van der Waals surface area (Å²) in [6, 6.07) is 6.84. The van der Waals surface area contributed by atoms with E-state index in [9.17, 15) is 13.2 Å². The molecule has 1 amide bonds. The summed E-state index contributed by atoms with van der Waals surface area (Å²) in [5, 5.41) is 0.355. The molecule has 1 N–H and O–H groups in total. The van der Waals surface area contributed by atoms with Gasteiger partial charge >= 0.3 is 0 Å². The predicted molar refractivity (Wildman–Crippen MR) is 96.1 cm³/mol. The third-order valence-electron chi connectivity index (χ3n) is 3.92. The molecular weight excluding hydrogens is 368 g/mol. The Morgan fingerprint density at radius 1 is 1.33 bits per heavy atom. The molecule has 24 heavy (non-hydrogen) atoms. The summed E-state index contributed by atoms with van der Waals surface area (Å²) in [6.07, 6.45) is 0.681. The molecule has 8 heteroatoms. The molecule has 0 saturated heterocycles. The molecule has 0 saturated carbocycles. The molecule has 128 valence electrons. The number of benzene rings is 1. The number of sulfonamides is 1. The van der Waals surface area contributed by atoms with Gasteiger partial charge in [0.1, 0.15) is 4.21 Å². The van der Waals surface area contributed by atoms with Crippen LogP contribution in [0.4, 0.5) is 5.69 Å². The zero-order valence-electron chi connectivity index (χ0n) is 13.3. The predicted octanol–water partition coefficient (Wildman–Crippen LogP) is 3.42. The molecule has 3 rings (SSSR count). The molecular formula is C16H17ClN2O3S2. The van der Waals surface area contributed by atoms with E-state index in [4.69, 9.17) is 11.6 Å². The van der Waals surface area contributed by atoms with Crippen molar-refractivity contribution in [1.29, 1.82) is 0 Å². The maximum atomic E-state index is 12.7. The highest BCUT2D eigenvalue weighted by Gasteiger charge is 2.25. The van der Waals surface area contributed by atoms with Crippen LogP contribution < -0.4 is 4.72 Å². The molecule has 2 heterocycles. The first-order valence-electron chi connectivity index (χ1n) is 7.42. The van der Waals surface area contributed by atoms with Crippen molar-refractivity contribution < 1.29 is 13.2 Å². The van der Waals surface area contributed by atoms with Crippen molar-refractivity contribution in [2.75, 3.05) is 11.3 Å². The van der Waals surface area contributed by atoms with Crippen LogP contribution in [-0.2, 0) is 27.8 Å². The minimum absolute atomic E-state index is 0.000856. The minimum atomic E-state index is -3.70. The number of hydrogen-bond donors (Lipinski definition) is 1. The Morgan fingerprint density at radius 3 is 2.79 bits per heavy atom. The lowest BCUT2D eigenvalue weighted by Gasteiger charge is -2.25. The molecule has 1 aliphatic rings. The van der Waals surface area contributed by atoms with E-state index >= 15 is 0 Å². The van der Waals surface area contributed by atoms with Gasteiger partial charge in [-0.2, -0.15) is 0 Å². The normalized spacial score (nSPS) is 14.4. The van der Waals surface area contributed by atoms with E-state index in [2.05, 4.69) is 4.72 Å². The van der Waals surface area contributed by atoms with E-state index in [1.165, 1.54) is 18.3 Å². The first-order valence-corrected chi connectivity index (χ1v) is 10.1. The van der Waals surface area contributed by atoms with E-state index in [-0.39, 0.29) is 10.1 Å². The average molecular weight is 385 g/mol. The number of nitrogens with zero attached hydrogens (tertiary/aromatic N) is 1. The second-order valence-electron chi connectivity index (χ2n) is 5.79. The maximum Gasteiger partial charge on any atom is 0.271 e. The first kappa shape index (κ1) is 17.3. The zero-order chi connectivity index (χ0) is 17.5. The highest BCUT2D eigenvalue weighted by Crippen LogP contribution is 2.33. The Morgan fingerprint density at radius 2 is 2.08 bits per heavy atom. The smallest absolute Gasteiger partial charge is 0.271 e. The summed E-state index contributed by atoms with van der Waals surface area (Å²) >= 11 is 7.33. The number of thiophene rings is 1. The third kappa shape index (κ3) is 3.43. The van der Waals surface area contributed by atoms with Gasteiger partial charge in [-0.1, -0.05) is 17.7 Å². The van der Waals surface area contributed by atoms with Gasteiger partial charge < -0.3 is 4.90 Å². The Bertz CT molecular complexity index is 906. The van der Waals surface area contributed by atoms with E-state index in [1.807, 2.05) is 13.0 Å². The fourth-order valence-electron chi connectivity index (χ4n) is 2.62. The monoisotopic (exact) mass is 384 g/mol. The highest BCUT2D eigenvalue weighted by molar-refractivity contribution is 7.94. The SMILES string of the molecule is CC(=O)N1CCc2sc(S(=O)(=O)Nc3cc(C)ccc3Cl)cc2C1. The average Bonchev–Trinajstić information content (AvgIpc) is 2.94. The van der Waals surface area contributed by atoms with Gasteiger partial charge in [-0.25, -0.2) is 8.42 Å². The molecule has 0 aliphatic carbocycles. The Hall–Kier alpha value is -1.57. The van der Waals surface area contributed by atoms with E-state index in [0.717, 1.165) is 16.0 Å². The Labute approximate surface area is 150 Å². The van der Waals surface area contributed by atoms with Gasteiger partial charge in [0.25, 0.3) is 10.0 Å². The van der Waals surface area contributed by atoms with Gasteiger partial charge in [0.2, 0.25) is 5.91 Å². The molecule has 1 aromatic carbocycles. The minimum Gasteiger partial charge on any atom is -0.338 e. The molecule has 0 bridgehead atoms. The maximum absolute atomic E-state index is 12.7. The fourth-order valence-corrected chi connectivity index (χ4v) is 5.45. The van der Waals surface area contributed by atoms with Crippen LogP contribution in [0.3, 0.4) is 0 Å². The van der Waals surface area contributed by atoms with Crippen molar-refractivity contribution in [2.45, 2.75) is 31.0 Å². The Balaban J connectivity index is 1.89. The molecule has 1 aliphatic heterocycles. The summed E-state index contributed by atoms with van der Waals surface area (Å²) in [4.78, 5) is 14.2. The topological polar surface area (TPSA) is 66.5 Å². The molecule has 0 radical (unpaired) electrons. The molecule has 5 nitrogen and oxygen atoms in total. The summed E-state index contributed by atoms with van der Waals surface area (Å²) in [7, 11) is -3.70. The number of carbonyl (C=O) groups excluding carboxylic acids is 1. The second-order valence-corrected chi connectivity index (χ2v) is 9.25. The highest BCUT2D eigenvalue weighted by atomic mass is 35.5. The van der Waals surface area contributed by atoms with Crippen LogP contribution in [0.25, 0.3) is 0 Å².